The van der Waals surface area contributed by atoms with Gasteiger partial charge in [0.1, 0.15) is 0 Å². The molecule has 0 radical (unpaired) electrons. The van der Waals surface area contributed by atoms with Crippen molar-refractivity contribution >= 4 is 9.84 Å². The van der Waals surface area contributed by atoms with Gasteiger partial charge in [-0.15, -0.1) is 0 Å². The summed E-state index contributed by atoms with van der Waals surface area (Å²) < 4.78 is 23.5. The summed E-state index contributed by atoms with van der Waals surface area (Å²) in [5.41, 5.74) is 5.12. The highest BCUT2D eigenvalue weighted by Gasteiger charge is 2.30. The largest absolute Gasteiger partial charge is 0.311 e. The van der Waals surface area contributed by atoms with Crippen molar-refractivity contribution in [2.75, 3.05) is 12.3 Å². The first kappa shape index (κ1) is 14.5. The third-order valence-electron chi connectivity index (χ3n) is 4.10. The lowest BCUT2D eigenvalue weighted by Gasteiger charge is -2.13. The van der Waals surface area contributed by atoms with Crippen LogP contribution in [0.1, 0.15) is 35.1 Å². The Morgan fingerprint density at radius 1 is 1.16 bits per heavy atom. The Bertz CT molecular complexity index is 564. The van der Waals surface area contributed by atoms with Crippen LogP contribution < -0.4 is 5.32 Å². The molecule has 0 spiro atoms. The molecule has 1 aromatic carbocycles. The maximum Gasteiger partial charge on any atom is 0.154 e. The second-order valence-electron chi connectivity index (χ2n) is 5.63. The fraction of sp³-hybridized carbons (Fsp3) is 0.600. The molecule has 3 nitrogen and oxygen atoms in total. The Kier molecular flexibility index (Phi) is 4.31. The Hall–Kier alpha value is -0.870. The van der Waals surface area contributed by atoms with E-state index in [1.54, 1.807) is 0 Å². The van der Waals surface area contributed by atoms with E-state index >= 15 is 0 Å². The summed E-state index contributed by atoms with van der Waals surface area (Å²) in [7, 11) is -2.83. The summed E-state index contributed by atoms with van der Waals surface area (Å²) in [6.07, 6.45) is 1.62. The number of hydrogen-bond acceptors (Lipinski definition) is 3. The first-order valence-corrected chi connectivity index (χ1v) is 8.60. The van der Waals surface area contributed by atoms with Crippen LogP contribution in [0, 0.1) is 20.8 Å². The van der Waals surface area contributed by atoms with E-state index in [1.807, 2.05) is 0 Å². The highest BCUT2D eigenvalue weighted by molar-refractivity contribution is 7.92. The van der Waals surface area contributed by atoms with Crippen LogP contribution in [0.2, 0.25) is 0 Å². The van der Waals surface area contributed by atoms with Crippen molar-refractivity contribution < 1.29 is 8.42 Å². The summed E-state index contributed by atoms with van der Waals surface area (Å²) >= 11 is 0. The van der Waals surface area contributed by atoms with Gasteiger partial charge in [-0.3, -0.25) is 0 Å². The zero-order chi connectivity index (χ0) is 14.0. The van der Waals surface area contributed by atoms with E-state index in [9.17, 15) is 8.42 Å². The lowest BCUT2D eigenvalue weighted by atomic mass is 10.0. The summed E-state index contributed by atoms with van der Waals surface area (Å²) in [4.78, 5) is 0. The summed E-state index contributed by atoms with van der Waals surface area (Å²) in [5, 5.41) is 3.13. The Morgan fingerprint density at radius 3 is 2.47 bits per heavy atom. The number of sulfone groups is 1. The van der Waals surface area contributed by atoms with Crippen LogP contribution in [0.4, 0.5) is 0 Å². The number of hydrogen-bond donors (Lipinski definition) is 1. The molecule has 4 heteroatoms. The van der Waals surface area contributed by atoms with Crippen LogP contribution in [0.25, 0.3) is 0 Å². The third kappa shape index (κ3) is 3.37. The van der Waals surface area contributed by atoms with Crippen LogP contribution in [-0.4, -0.2) is 26.0 Å². The predicted octanol–water partition coefficient (Wildman–Crippen LogP) is 2.28. The van der Waals surface area contributed by atoms with E-state index in [-0.39, 0.29) is 5.25 Å². The fourth-order valence-corrected chi connectivity index (χ4v) is 4.47. The van der Waals surface area contributed by atoms with Gasteiger partial charge >= 0.3 is 0 Å². The maximum atomic E-state index is 11.7. The minimum absolute atomic E-state index is 0.181. The predicted molar refractivity (Wildman–Crippen MR) is 79.2 cm³/mol. The molecule has 1 fully saturated rings. The highest BCUT2D eigenvalue weighted by Crippen LogP contribution is 2.20. The van der Waals surface area contributed by atoms with Crippen molar-refractivity contribution in [3.05, 3.63) is 34.4 Å². The zero-order valence-corrected chi connectivity index (χ0v) is 12.8. The van der Waals surface area contributed by atoms with Crippen molar-refractivity contribution in [1.82, 2.24) is 5.32 Å². The molecule has 1 N–H and O–H groups in total. The molecule has 0 bridgehead atoms. The molecule has 0 amide bonds. The molecule has 1 heterocycles. The second-order valence-corrected chi connectivity index (χ2v) is 8.03. The van der Waals surface area contributed by atoms with E-state index in [2.05, 4.69) is 38.2 Å². The Morgan fingerprint density at radius 2 is 1.84 bits per heavy atom. The van der Waals surface area contributed by atoms with Gasteiger partial charge in [0, 0.05) is 13.1 Å². The number of aryl methyl sites for hydroxylation is 3. The van der Waals surface area contributed by atoms with Crippen LogP contribution >= 0.6 is 0 Å². The molecular weight excluding hydrogens is 258 g/mol. The van der Waals surface area contributed by atoms with Crippen molar-refractivity contribution in [1.29, 1.82) is 0 Å². The molecule has 1 aliphatic rings. The second kappa shape index (κ2) is 5.63. The normalized spacial score (nSPS) is 21.7. The van der Waals surface area contributed by atoms with Crippen molar-refractivity contribution in [2.45, 2.75) is 45.4 Å². The van der Waals surface area contributed by atoms with Crippen LogP contribution in [0.5, 0.6) is 0 Å². The molecule has 2 rings (SSSR count). The average Bonchev–Trinajstić information content (AvgIpc) is 2.65. The summed E-state index contributed by atoms with van der Waals surface area (Å²) in [6, 6.07) is 4.39. The van der Waals surface area contributed by atoms with Crippen LogP contribution in [-0.2, 0) is 16.4 Å². The van der Waals surface area contributed by atoms with E-state index in [1.165, 1.54) is 22.3 Å². The smallest absolute Gasteiger partial charge is 0.154 e. The molecule has 106 valence electrons. The zero-order valence-electron chi connectivity index (χ0n) is 12.0. The van der Waals surface area contributed by atoms with E-state index < -0.39 is 9.84 Å². The van der Waals surface area contributed by atoms with Gasteiger partial charge in [0.2, 0.25) is 0 Å². The molecular formula is C15H23NO2S. The molecule has 1 saturated heterocycles. The SMILES string of the molecule is Cc1cc(C)c(CNCC2CCCS2(=O)=O)cc1C. The maximum absolute atomic E-state index is 11.7. The van der Waals surface area contributed by atoms with Crippen LogP contribution in [0.15, 0.2) is 12.1 Å². The quantitative estimate of drug-likeness (QED) is 0.921. The average molecular weight is 281 g/mol. The molecule has 0 aliphatic carbocycles. The molecule has 1 aliphatic heterocycles. The van der Waals surface area contributed by atoms with Crippen molar-refractivity contribution in [2.24, 2.45) is 0 Å². The minimum atomic E-state index is -2.83. The minimum Gasteiger partial charge on any atom is -0.311 e. The molecule has 1 unspecified atom stereocenters. The number of nitrogens with one attached hydrogen (secondary N) is 1. The summed E-state index contributed by atoms with van der Waals surface area (Å²) in [6.45, 7) is 7.66. The molecule has 1 aromatic rings. The van der Waals surface area contributed by atoms with Gasteiger partial charge < -0.3 is 5.32 Å². The lowest BCUT2D eigenvalue weighted by molar-refractivity contribution is 0.573. The van der Waals surface area contributed by atoms with Gasteiger partial charge in [-0.1, -0.05) is 12.1 Å². The molecule has 19 heavy (non-hydrogen) atoms. The Balaban J connectivity index is 1.95. The lowest BCUT2D eigenvalue weighted by Crippen LogP contribution is -2.30. The van der Waals surface area contributed by atoms with Gasteiger partial charge in [-0.05, 0) is 55.9 Å². The van der Waals surface area contributed by atoms with Crippen LogP contribution in [0.3, 0.4) is 0 Å². The van der Waals surface area contributed by atoms with Gasteiger partial charge in [0.25, 0.3) is 0 Å². The van der Waals surface area contributed by atoms with E-state index in [0.717, 1.165) is 19.4 Å². The molecule has 0 aromatic heterocycles. The topological polar surface area (TPSA) is 46.2 Å². The molecule has 0 saturated carbocycles. The first-order chi connectivity index (χ1) is 8.90. The third-order valence-corrected chi connectivity index (χ3v) is 6.38. The van der Waals surface area contributed by atoms with Gasteiger partial charge in [0.15, 0.2) is 9.84 Å². The highest BCUT2D eigenvalue weighted by atomic mass is 32.2. The van der Waals surface area contributed by atoms with Crippen molar-refractivity contribution in [3.8, 4) is 0 Å². The number of rotatable bonds is 4. The van der Waals surface area contributed by atoms with Crippen molar-refractivity contribution in [3.63, 3.8) is 0 Å². The number of benzene rings is 1. The Labute approximate surface area is 116 Å². The van der Waals surface area contributed by atoms with E-state index in [4.69, 9.17) is 0 Å². The van der Waals surface area contributed by atoms with Gasteiger partial charge in [0.05, 0.1) is 11.0 Å². The monoisotopic (exact) mass is 281 g/mol. The van der Waals surface area contributed by atoms with Gasteiger partial charge in [-0.25, -0.2) is 8.42 Å². The summed E-state index contributed by atoms with van der Waals surface area (Å²) in [5.74, 6) is 0.363. The van der Waals surface area contributed by atoms with Gasteiger partial charge in [-0.2, -0.15) is 0 Å². The standard InChI is InChI=1S/C15H23NO2S/c1-11-7-13(3)14(8-12(11)2)9-16-10-15-5-4-6-19(15,17)18/h7-8,15-16H,4-6,9-10H2,1-3H3. The van der Waals surface area contributed by atoms with E-state index in [0.29, 0.717) is 12.3 Å². The first-order valence-electron chi connectivity index (χ1n) is 6.89. The fourth-order valence-electron chi connectivity index (χ4n) is 2.67. The molecule has 1 atom stereocenters.